The topological polar surface area (TPSA) is 76.6 Å². The van der Waals surface area contributed by atoms with Gasteiger partial charge in [0.25, 0.3) is 0 Å². The number of guanidine groups is 1. The van der Waals surface area contributed by atoms with Gasteiger partial charge in [-0.1, -0.05) is 6.07 Å². The molecular weight excluding hydrogens is 416 g/mol. The number of fused-ring (bicyclic) bond motifs is 1. The van der Waals surface area contributed by atoms with Crippen molar-refractivity contribution < 1.29 is 18.9 Å². The molecule has 1 saturated heterocycles. The van der Waals surface area contributed by atoms with E-state index in [1.165, 1.54) is 4.88 Å². The number of aliphatic imine (C=N–C) groups is 1. The Labute approximate surface area is 187 Å². The van der Waals surface area contributed by atoms with Gasteiger partial charge in [0.2, 0.25) is 6.79 Å². The molecule has 9 heteroatoms. The van der Waals surface area contributed by atoms with Crippen molar-refractivity contribution in [3.05, 3.63) is 40.6 Å². The summed E-state index contributed by atoms with van der Waals surface area (Å²) in [5, 5.41) is 8.82. The maximum absolute atomic E-state index is 5.84. The Bertz CT molecular complexity index is 840. The van der Waals surface area contributed by atoms with Gasteiger partial charge in [-0.15, -0.1) is 11.3 Å². The van der Waals surface area contributed by atoms with Gasteiger partial charge >= 0.3 is 0 Å². The molecular formula is C22H30N4O4S. The Hall–Kier alpha value is -2.49. The lowest BCUT2D eigenvalue weighted by atomic mass is 10.2. The maximum Gasteiger partial charge on any atom is 0.231 e. The molecule has 31 heavy (non-hydrogen) atoms. The molecule has 2 aromatic rings. The van der Waals surface area contributed by atoms with Gasteiger partial charge in [-0.3, -0.25) is 9.89 Å². The van der Waals surface area contributed by atoms with Gasteiger partial charge < -0.3 is 29.6 Å². The number of hydrogen-bond acceptors (Lipinski definition) is 7. The van der Waals surface area contributed by atoms with Crippen molar-refractivity contribution in [3.8, 4) is 17.2 Å². The van der Waals surface area contributed by atoms with Crippen molar-refractivity contribution in [2.45, 2.75) is 13.0 Å². The Morgan fingerprint density at radius 3 is 2.87 bits per heavy atom. The second-order valence-corrected chi connectivity index (χ2v) is 8.17. The first-order chi connectivity index (χ1) is 15.3. The van der Waals surface area contributed by atoms with Gasteiger partial charge in [0, 0.05) is 30.6 Å². The summed E-state index contributed by atoms with van der Waals surface area (Å²) < 4.78 is 22.1. The van der Waals surface area contributed by atoms with Crippen LogP contribution in [0.15, 0.2) is 40.7 Å². The summed E-state index contributed by atoms with van der Waals surface area (Å²) in [7, 11) is 0. The lowest BCUT2D eigenvalue weighted by Gasteiger charge is -2.33. The van der Waals surface area contributed by atoms with Crippen molar-refractivity contribution in [3.63, 3.8) is 0 Å². The van der Waals surface area contributed by atoms with Gasteiger partial charge in [-0.2, -0.15) is 0 Å². The first-order valence-electron chi connectivity index (χ1n) is 10.7. The molecule has 2 N–H and O–H groups in total. The van der Waals surface area contributed by atoms with Gasteiger partial charge in [0.15, 0.2) is 17.5 Å². The predicted molar refractivity (Wildman–Crippen MR) is 121 cm³/mol. The van der Waals surface area contributed by atoms with Gasteiger partial charge in [0.1, 0.15) is 12.4 Å². The van der Waals surface area contributed by atoms with Crippen LogP contribution in [0, 0.1) is 0 Å². The zero-order valence-electron chi connectivity index (χ0n) is 17.8. The highest BCUT2D eigenvalue weighted by Gasteiger charge is 2.23. The fourth-order valence-electron chi connectivity index (χ4n) is 3.58. The van der Waals surface area contributed by atoms with E-state index in [-0.39, 0.29) is 12.8 Å². The monoisotopic (exact) mass is 446 g/mol. The summed E-state index contributed by atoms with van der Waals surface area (Å²) >= 11 is 1.79. The Morgan fingerprint density at radius 2 is 2.06 bits per heavy atom. The standard InChI is InChI=1S/C22H30N4O4S/c1-2-23-22(24-7-10-28-17-5-6-19-20(14-17)30-16-29-19)25-15-18(21-4-3-13-31-21)26-8-11-27-12-9-26/h3-6,13-14,18H,2,7-12,15-16H2,1H3,(H2,23,24,25). The number of benzene rings is 1. The first kappa shape index (κ1) is 21.7. The zero-order valence-corrected chi connectivity index (χ0v) is 18.7. The largest absolute Gasteiger partial charge is 0.492 e. The average Bonchev–Trinajstić information content (AvgIpc) is 3.49. The Morgan fingerprint density at radius 1 is 1.19 bits per heavy atom. The summed E-state index contributed by atoms with van der Waals surface area (Å²) in [6.07, 6.45) is 0. The average molecular weight is 447 g/mol. The molecule has 0 spiro atoms. The second-order valence-electron chi connectivity index (χ2n) is 7.19. The molecule has 2 aliphatic heterocycles. The quantitative estimate of drug-likeness (QED) is 0.348. The fourth-order valence-corrected chi connectivity index (χ4v) is 4.43. The fraction of sp³-hybridized carbons (Fsp3) is 0.500. The lowest BCUT2D eigenvalue weighted by Crippen LogP contribution is -2.42. The van der Waals surface area contributed by atoms with E-state index in [0.717, 1.165) is 56.1 Å². The number of rotatable bonds is 9. The Kier molecular flexibility index (Phi) is 7.87. The molecule has 0 radical (unpaired) electrons. The van der Waals surface area contributed by atoms with Crippen molar-refractivity contribution in [1.82, 2.24) is 15.5 Å². The highest BCUT2D eigenvalue weighted by Crippen LogP contribution is 2.35. The molecule has 4 rings (SSSR count). The van der Waals surface area contributed by atoms with Crippen LogP contribution in [0.4, 0.5) is 0 Å². The van der Waals surface area contributed by atoms with Crippen molar-refractivity contribution >= 4 is 17.3 Å². The molecule has 1 aromatic heterocycles. The van der Waals surface area contributed by atoms with Gasteiger partial charge in [-0.25, -0.2) is 0 Å². The van der Waals surface area contributed by atoms with Crippen LogP contribution in [-0.2, 0) is 4.74 Å². The second kappa shape index (κ2) is 11.2. The molecule has 2 aliphatic rings. The summed E-state index contributed by atoms with van der Waals surface area (Å²) in [6.45, 7) is 8.41. The summed E-state index contributed by atoms with van der Waals surface area (Å²) in [5.74, 6) is 3.04. The van der Waals surface area contributed by atoms with Crippen LogP contribution in [-0.4, -0.2) is 70.2 Å². The third kappa shape index (κ3) is 6.03. The first-order valence-corrected chi connectivity index (χ1v) is 11.6. The van der Waals surface area contributed by atoms with E-state index in [4.69, 9.17) is 23.9 Å². The number of nitrogens with one attached hydrogen (secondary N) is 2. The molecule has 1 fully saturated rings. The molecule has 8 nitrogen and oxygen atoms in total. The SMILES string of the molecule is CCNC(=NCC(c1cccs1)N1CCOCC1)NCCOc1ccc2c(c1)OCO2. The minimum absolute atomic E-state index is 0.264. The molecule has 0 amide bonds. The van der Waals surface area contributed by atoms with Crippen molar-refractivity contribution in [2.24, 2.45) is 4.99 Å². The third-order valence-corrected chi connectivity index (χ3v) is 6.11. The highest BCUT2D eigenvalue weighted by atomic mass is 32.1. The van der Waals surface area contributed by atoms with Crippen LogP contribution in [0.3, 0.4) is 0 Å². The van der Waals surface area contributed by atoms with E-state index in [1.807, 2.05) is 18.2 Å². The van der Waals surface area contributed by atoms with Crippen molar-refractivity contribution in [2.75, 3.05) is 59.3 Å². The minimum atomic E-state index is 0.264. The van der Waals surface area contributed by atoms with Crippen LogP contribution in [0.5, 0.6) is 17.2 Å². The summed E-state index contributed by atoms with van der Waals surface area (Å²) in [4.78, 5) is 8.67. The van der Waals surface area contributed by atoms with Crippen LogP contribution >= 0.6 is 11.3 Å². The normalized spacial score (nSPS) is 17.4. The lowest BCUT2D eigenvalue weighted by molar-refractivity contribution is 0.0186. The maximum atomic E-state index is 5.84. The van der Waals surface area contributed by atoms with E-state index in [0.29, 0.717) is 19.7 Å². The number of morpholine rings is 1. The zero-order chi connectivity index (χ0) is 21.3. The van der Waals surface area contributed by atoms with E-state index >= 15 is 0 Å². The van der Waals surface area contributed by atoms with Crippen LogP contribution < -0.4 is 24.8 Å². The van der Waals surface area contributed by atoms with E-state index < -0.39 is 0 Å². The predicted octanol–water partition coefficient (Wildman–Crippen LogP) is 2.48. The number of ether oxygens (including phenoxy) is 4. The van der Waals surface area contributed by atoms with E-state index in [9.17, 15) is 0 Å². The Balaban J connectivity index is 1.30. The molecule has 1 aromatic carbocycles. The summed E-state index contributed by atoms with van der Waals surface area (Å²) in [6, 6.07) is 10.2. The van der Waals surface area contributed by atoms with E-state index in [1.54, 1.807) is 11.3 Å². The molecule has 168 valence electrons. The van der Waals surface area contributed by atoms with Crippen molar-refractivity contribution in [1.29, 1.82) is 0 Å². The molecule has 0 bridgehead atoms. The smallest absolute Gasteiger partial charge is 0.231 e. The van der Waals surface area contributed by atoms with Crippen LogP contribution in [0.1, 0.15) is 17.8 Å². The van der Waals surface area contributed by atoms with Gasteiger partial charge in [-0.05, 0) is 30.5 Å². The third-order valence-electron chi connectivity index (χ3n) is 5.13. The highest BCUT2D eigenvalue weighted by molar-refractivity contribution is 7.10. The molecule has 1 unspecified atom stereocenters. The number of thiophene rings is 1. The molecule has 3 heterocycles. The van der Waals surface area contributed by atoms with E-state index in [2.05, 4.69) is 40.0 Å². The molecule has 0 saturated carbocycles. The van der Waals surface area contributed by atoms with Crippen LogP contribution in [0.2, 0.25) is 0 Å². The van der Waals surface area contributed by atoms with Gasteiger partial charge in [0.05, 0.1) is 32.3 Å². The summed E-state index contributed by atoms with van der Waals surface area (Å²) in [5.41, 5.74) is 0. The number of nitrogens with zero attached hydrogens (tertiary/aromatic N) is 2. The van der Waals surface area contributed by atoms with Crippen LogP contribution in [0.25, 0.3) is 0 Å². The molecule has 0 aliphatic carbocycles. The minimum Gasteiger partial charge on any atom is -0.492 e. The number of hydrogen-bond donors (Lipinski definition) is 2. The molecule has 1 atom stereocenters.